The SMILES string of the molecule is CCc1c(C(=O)[C@H]2C[C@@H]2F)nc(Cl)c(Cl)c1Cl. The Kier molecular flexibility index (Phi) is 3.62. The number of carbonyl (C=O) groups is 1. The fourth-order valence-electron chi connectivity index (χ4n) is 1.68. The van der Waals surface area contributed by atoms with Crippen molar-refractivity contribution in [3.05, 3.63) is 26.5 Å². The molecule has 1 saturated carbocycles. The molecule has 1 aliphatic carbocycles. The van der Waals surface area contributed by atoms with Crippen LogP contribution in [-0.4, -0.2) is 16.9 Å². The molecule has 6 heteroatoms. The Morgan fingerprint density at radius 3 is 2.47 bits per heavy atom. The van der Waals surface area contributed by atoms with E-state index in [-0.39, 0.29) is 33.1 Å². The number of ketones is 1. The van der Waals surface area contributed by atoms with Crippen LogP contribution in [0.25, 0.3) is 0 Å². The van der Waals surface area contributed by atoms with E-state index in [9.17, 15) is 9.18 Å². The third-order valence-electron chi connectivity index (χ3n) is 2.77. The van der Waals surface area contributed by atoms with Crippen LogP contribution in [0.3, 0.4) is 0 Å². The van der Waals surface area contributed by atoms with Gasteiger partial charge in [0.2, 0.25) is 0 Å². The van der Waals surface area contributed by atoms with E-state index >= 15 is 0 Å². The van der Waals surface area contributed by atoms with Gasteiger partial charge in [-0.25, -0.2) is 9.37 Å². The lowest BCUT2D eigenvalue weighted by atomic mass is 10.1. The molecule has 0 aliphatic heterocycles. The molecule has 0 aromatic carbocycles. The molecule has 0 spiro atoms. The quantitative estimate of drug-likeness (QED) is 0.619. The first-order chi connectivity index (χ1) is 7.97. The summed E-state index contributed by atoms with van der Waals surface area (Å²) in [5.41, 5.74) is 0.683. The van der Waals surface area contributed by atoms with E-state index in [1.165, 1.54) is 0 Å². The van der Waals surface area contributed by atoms with E-state index in [0.29, 0.717) is 12.0 Å². The molecule has 0 N–H and O–H groups in total. The molecule has 0 saturated heterocycles. The fraction of sp³-hybridized carbons (Fsp3) is 0.455. The van der Waals surface area contributed by atoms with Gasteiger partial charge in [-0.15, -0.1) is 0 Å². The topological polar surface area (TPSA) is 30.0 Å². The number of hydrogen-bond donors (Lipinski definition) is 0. The third-order valence-corrected chi connectivity index (χ3v) is 4.02. The molecule has 2 rings (SSSR count). The summed E-state index contributed by atoms with van der Waals surface area (Å²) in [6.07, 6.45) is -0.322. The minimum absolute atomic E-state index is 0.0201. The van der Waals surface area contributed by atoms with Crippen LogP contribution in [0.2, 0.25) is 15.2 Å². The smallest absolute Gasteiger partial charge is 0.187 e. The predicted molar refractivity (Wildman–Crippen MR) is 66.0 cm³/mol. The van der Waals surface area contributed by atoms with Crippen molar-refractivity contribution in [2.24, 2.45) is 5.92 Å². The molecule has 0 amide bonds. The molecule has 1 aromatic rings. The van der Waals surface area contributed by atoms with Crippen molar-refractivity contribution in [2.45, 2.75) is 25.9 Å². The number of halogens is 4. The zero-order chi connectivity index (χ0) is 12.7. The first kappa shape index (κ1) is 13.1. The lowest BCUT2D eigenvalue weighted by Crippen LogP contribution is -2.11. The van der Waals surface area contributed by atoms with Crippen LogP contribution in [-0.2, 0) is 6.42 Å². The summed E-state index contributed by atoms with van der Waals surface area (Å²) in [5.74, 6) is -0.934. The highest BCUT2D eigenvalue weighted by Gasteiger charge is 2.45. The number of hydrogen-bond acceptors (Lipinski definition) is 2. The number of aromatic nitrogens is 1. The molecule has 2 atom stereocenters. The number of alkyl halides is 1. The van der Waals surface area contributed by atoms with Crippen LogP contribution < -0.4 is 0 Å². The maximum absolute atomic E-state index is 12.9. The van der Waals surface area contributed by atoms with Gasteiger partial charge in [0.1, 0.15) is 17.0 Å². The molecule has 2 nitrogen and oxygen atoms in total. The average molecular weight is 297 g/mol. The lowest BCUT2D eigenvalue weighted by Gasteiger charge is -2.10. The summed E-state index contributed by atoms with van der Waals surface area (Å²) < 4.78 is 12.9. The average Bonchev–Trinajstić information content (AvgIpc) is 3.02. The molecule has 1 fully saturated rings. The summed E-state index contributed by atoms with van der Waals surface area (Å²) >= 11 is 17.6. The Morgan fingerprint density at radius 1 is 1.41 bits per heavy atom. The predicted octanol–water partition coefficient (Wildman–Crippen LogP) is 4.14. The molecule has 0 unspecified atom stereocenters. The highest BCUT2D eigenvalue weighted by Crippen LogP contribution is 2.40. The Balaban J connectivity index is 2.49. The van der Waals surface area contributed by atoms with Crippen molar-refractivity contribution < 1.29 is 9.18 Å². The first-order valence-corrected chi connectivity index (χ1v) is 6.32. The number of Topliss-reactive ketones (excluding diaryl/α,β-unsaturated/α-hetero) is 1. The second-order valence-corrected chi connectivity index (χ2v) is 5.05. The summed E-state index contributed by atoms with van der Waals surface area (Å²) in [7, 11) is 0. The standard InChI is InChI=1S/C11H9Cl3FNO/c1-2-4-7(12)8(13)11(14)16-9(4)10(17)5-3-6(5)15/h5-6H,2-3H2,1H3/t5-,6-/m0/s1. The van der Waals surface area contributed by atoms with Gasteiger partial charge in [-0.1, -0.05) is 41.7 Å². The van der Waals surface area contributed by atoms with Crippen LogP contribution in [0.15, 0.2) is 0 Å². The van der Waals surface area contributed by atoms with E-state index in [0.717, 1.165) is 0 Å². The van der Waals surface area contributed by atoms with Crippen molar-refractivity contribution in [1.29, 1.82) is 0 Å². The Hall–Kier alpha value is -0.380. The molecule has 0 radical (unpaired) electrons. The number of rotatable bonds is 3. The van der Waals surface area contributed by atoms with E-state index in [4.69, 9.17) is 34.8 Å². The third kappa shape index (κ3) is 2.28. The molecule has 1 heterocycles. The van der Waals surface area contributed by atoms with Crippen molar-refractivity contribution >= 4 is 40.6 Å². The zero-order valence-electron chi connectivity index (χ0n) is 8.94. The normalized spacial score (nSPS) is 22.6. The van der Waals surface area contributed by atoms with Crippen molar-refractivity contribution in [2.75, 3.05) is 0 Å². The van der Waals surface area contributed by atoms with Crippen molar-refractivity contribution in [1.82, 2.24) is 4.98 Å². The molecule has 92 valence electrons. The molecule has 1 aliphatic rings. The summed E-state index contributed by atoms with van der Waals surface area (Å²) in [6, 6.07) is 0. The van der Waals surface area contributed by atoms with E-state index in [2.05, 4.69) is 4.98 Å². The van der Waals surface area contributed by atoms with E-state index < -0.39 is 12.1 Å². The van der Waals surface area contributed by atoms with Crippen molar-refractivity contribution in [3.8, 4) is 0 Å². The molecule has 17 heavy (non-hydrogen) atoms. The Morgan fingerprint density at radius 2 is 2.00 bits per heavy atom. The largest absolute Gasteiger partial charge is 0.292 e. The van der Waals surface area contributed by atoms with E-state index in [1.807, 2.05) is 6.92 Å². The number of nitrogens with zero attached hydrogens (tertiary/aromatic N) is 1. The lowest BCUT2D eigenvalue weighted by molar-refractivity contribution is 0.0951. The van der Waals surface area contributed by atoms with Crippen LogP contribution in [0, 0.1) is 5.92 Å². The Bertz CT molecular complexity index is 492. The van der Waals surface area contributed by atoms with Gasteiger partial charge < -0.3 is 0 Å². The highest BCUT2D eigenvalue weighted by atomic mass is 35.5. The number of pyridine rings is 1. The first-order valence-electron chi connectivity index (χ1n) is 5.19. The minimum atomic E-state index is -1.07. The van der Waals surface area contributed by atoms with Crippen LogP contribution in [0.1, 0.15) is 29.4 Å². The van der Waals surface area contributed by atoms with Gasteiger partial charge in [0.25, 0.3) is 0 Å². The summed E-state index contributed by atoms with van der Waals surface area (Å²) in [5, 5.41) is 0.344. The van der Waals surface area contributed by atoms with Crippen LogP contribution >= 0.6 is 34.8 Å². The fourth-order valence-corrected chi connectivity index (χ4v) is 2.38. The zero-order valence-corrected chi connectivity index (χ0v) is 11.2. The monoisotopic (exact) mass is 295 g/mol. The molecular formula is C11H9Cl3FNO. The second-order valence-electron chi connectivity index (χ2n) is 3.93. The van der Waals surface area contributed by atoms with Gasteiger partial charge in [0.15, 0.2) is 5.78 Å². The van der Waals surface area contributed by atoms with Gasteiger partial charge in [-0.2, -0.15) is 0 Å². The highest BCUT2D eigenvalue weighted by molar-refractivity contribution is 6.48. The molecule has 1 aromatic heterocycles. The molecular weight excluding hydrogens is 287 g/mol. The van der Waals surface area contributed by atoms with Crippen molar-refractivity contribution in [3.63, 3.8) is 0 Å². The van der Waals surface area contributed by atoms with Crippen LogP contribution in [0.4, 0.5) is 4.39 Å². The van der Waals surface area contributed by atoms with Gasteiger partial charge >= 0.3 is 0 Å². The minimum Gasteiger partial charge on any atom is -0.292 e. The number of carbonyl (C=O) groups excluding carboxylic acids is 1. The van der Waals surface area contributed by atoms with E-state index in [1.54, 1.807) is 0 Å². The second kappa shape index (κ2) is 4.71. The van der Waals surface area contributed by atoms with Crippen LogP contribution in [0.5, 0.6) is 0 Å². The van der Waals surface area contributed by atoms with Gasteiger partial charge in [0.05, 0.1) is 16.0 Å². The Labute approximate surface area is 113 Å². The van der Waals surface area contributed by atoms with Gasteiger partial charge in [0, 0.05) is 5.56 Å². The van der Waals surface area contributed by atoms with Gasteiger partial charge in [-0.05, 0) is 12.8 Å². The van der Waals surface area contributed by atoms with Gasteiger partial charge in [-0.3, -0.25) is 4.79 Å². The summed E-state index contributed by atoms with van der Waals surface area (Å²) in [4.78, 5) is 15.9. The maximum Gasteiger partial charge on any atom is 0.187 e. The molecule has 0 bridgehead atoms. The maximum atomic E-state index is 12.9. The summed E-state index contributed by atoms with van der Waals surface area (Å²) in [6.45, 7) is 1.82.